The highest BCUT2D eigenvalue weighted by atomic mass is 79.9. The minimum absolute atomic E-state index is 0. The van der Waals surface area contributed by atoms with Crippen LogP contribution >= 0.6 is 28.3 Å². The highest BCUT2D eigenvalue weighted by Crippen LogP contribution is 2.26. The number of hydrogen-bond donors (Lipinski definition) is 0. The molecule has 1 aromatic carbocycles. The third-order valence-corrected chi connectivity index (χ3v) is 4.08. The molecule has 2 rings (SSSR count). The zero-order valence-corrected chi connectivity index (χ0v) is 15.6. The summed E-state index contributed by atoms with van der Waals surface area (Å²) in [6.45, 7) is 4.17. The maximum atomic E-state index is 4.52. The molecule has 1 unspecified atom stereocenters. The molecule has 22 heavy (non-hydrogen) atoms. The molecule has 0 N–H and O–H groups in total. The van der Waals surface area contributed by atoms with Gasteiger partial charge in [0.2, 0.25) is 0 Å². The first-order valence-electron chi connectivity index (χ1n) is 7.16. The lowest BCUT2D eigenvalue weighted by Crippen LogP contribution is -2.34. The van der Waals surface area contributed by atoms with Crippen molar-refractivity contribution in [2.75, 3.05) is 32.1 Å². The SMILES string of the molecule is CC(c1ccc(Br)cc1)N(CCN(C)C)c1ccccn1.Cl. The first-order chi connectivity index (χ1) is 10.1. The van der Waals surface area contributed by atoms with Crippen LogP contribution in [0.5, 0.6) is 0 Å². The summed E-state index contributed by atoms with van der Waals surface area (Å²) in [5.41, 5.74) is 1.29. The van der Waals surface area contributed by atoms with Crippen molar-refractivity contribution in [2.45, 2.75) is 13.0 Å². The van der Waals surface area contributed by atoms with Crippen molar-refractivity contribution in [1.82, 2.24) is 9.88 Å². The molecule has 0 aliphatic heterocycles. The Morgan fingerprint density at radius 1 is 1.05 bits per heavy atom. The first kappa shape index (κ1) is 18.9. The molecule has 0 saturated heterocycles. The molecule has 120 valence electrons. The molecule has 0 saturated carbocycles. The van der Waals surface area contributed by atoms with E-state index in [-0.39, 0.29) is 18.4 Å². The molecule has 0 aliphatic rings. The lowest BCUT2D eigenvalue weighted by atomic mass is 10.1. The number of pyridine rings is 1. The highest BCUT2D eigenvalue weighted by molar-refractivity contribution is 9.10. The van der Waals surface area contributed by atoms with Crippen LogP contribution in [-0.4, -0.2) is 37.1 Å². The van der Waals surface area contributed by atoms with E-state index < -0.39 is 0 Å². The van der Waals surface area contributed by atoms with Crippen LogP contribution in [0.25, 0.3) is 0 Å². The summed E-state index contributed by atoms with van der Waals surface area (Å²) >= 11 is 3.49. The predicted molar refractivity (Wildman–Crippen MR) is 99.9 cm³/mol. The maximum absolute atomic E-state index is 4.52. The summed E-state index contributed by atoms with van der Waals surface area (Å²) in [6, 6.07) is 14.9. The quantitative estimate of drug-likeness (QED) is 0.736. The molecule has 0 spiro atoms. The number of aromatic nitrogens is 1. The number of benzene rings is 1. The molecule has 0 amide bonds. The summed E-state index contributed by atoms with van der Waals surface area (Å²) in [6.07, 6.45) is 1.85. The molecular formula is C17H23BrClN3. The summed E-state index contributed by atoms with van der Waals surface area (Å²) < 4.78 is 1.11. The second-order valence-corrected chi connectivity index (χ2v) is 6.33. The van der Waals surface area contributed by atoms with E-state index in [0.717, 1.165) is 23.4 Å². The molecule has 0 bridgehead atoms. The number of hydrogen-bond acceptors (Lipinski definition) is 3. The van der Waals surface area contributed by atoms with Gasteiger partial charge in [0.1, 0.15) is 5.82 Å². The van der Waals surface area contributed by atoms with E-state index in [2.05, 4.69) is 82.1 Å². The predicted octanol–water partition coefficient (Wildman–Crippen LogP) is 4.40. The fraction of sp³-hybridized carbons (Fsp3) is 0.353. The Morgan fingerprint density at radius 3 is 2.27 bits per heavy atom. The third kappa shape index (κ3) is 5.27. The van der Waals surface area contributed by atoms with Gasteiger partial charge in [-0.15, -0.1) is 12.4 Å². The van der Waals surface area contributed by atoms with E-state index in [4.69, 9.17) is 0 Å². The molecule has 3 nitrogen and oxygen atoms in total. The Morgan fingerprint density at radius 2 is 1.73 bits per heavy atom. The number of rotatable bonds is 6. The fourth-order valence-corrected chi connectivity index (χ4v) is 2.52. The van der Waals surface area contributed by atoms with Gasteiger partial charge in [0, 0.05) is 23.8 Å². The van der Waals surface area contributed by atoms with Crippen LogP contribution < -0.4 is 4.90 Å². The van der Waals surface area contributed by atoms with E-state index >= 15 is 0 Å². The third-order valence-electron chi connectivity index (χ3n) is 3.55. The van der Waals surface area contributed by atoms with Gasteiger partial charge in [-0.1, -0.05) is 34.1 Å². The van der Waals surface area contributed by atoms with E-state index in [1.54, 1.807) is 0 Å². The second kappa shape index (κ2) is 9.13. The van der Waals surface area contributed by atoms with Gasteiger partial charge in [-0.25, -0.2) is 4.98 Å². The normalized spacial score (nSPS) is 11.9. The summed E-state index contributed by atoms with van der Waals surface area (Å²) in [7, 11) is 4.20. The summed E-state index contributed by atoms with van der Waals surface area (Å²) in [5.74, 6) is 1.02. The van der Waals surface area contributed by atoms with Gasteiger partial charge >= 0.3 is 0 Å². The average Bonchev–Trinajstić information content (AvgIpc) is 2.49. The topological polar surface area (TPSA) is 19.4 Å². The fourth-order valence-electron chi connectivity index (χ4n) is 2.26. The molecule has 1 atom stereocenters. The number of anilines is 1. The largest absolute Gasteiger partial charge is 0.349 e. The summed E-state index contributed by atoms with van der Waals surface area (Å²) in [5, 5.41) is 0. The molecule has 1 aromatic heterocycles. The monoisotopic (exact) mass is 383 g/mol. The Bertz CT molecular complexity index is 546. The zero-order valence-electron chi connectivity index (χ0n) is 13.2. The average molecular weight is 385 g/mol. The van der Waals surface area contributed by atoms with Crippen molar-refractivity contribution in [3.05, 3.63) is 58.7 Å². The van der Waals surface area contributed by atoms with E-state index in [1.807, 2.05) is 18.3 Å². The molecular weight excluding hydrogens is 362 g/mol. The van der Waals surface area contributed by atoms with Crippen molar-refractivity contribution < 1.29 is 0 Å². The van der Waals surface area contributed by atoms with E-state index in [9.17, 15) is 0 Å². The van der Waals surface area contributed by atoms with Gasteiger partial charge in [-0.3, -0.25) is 0 Å². The number of nitrogens with zero attached hydrogens (tertiary/aromatic N) is 3. The molecule has 0 radical (unpaired) electrons. The summed E-state index contributed by atoms with van der Waals surface area (Å²) in [4.78, 5) is 9.07. The van der Waals surface area contributed by atoms with Crippen LogP contribution in [-0.2, 0) is 0 Å². The standard InChI is InChI=1S/C17H22BrN3.ClH/c1-14(15-7-9-16(18)10-8-15)21(13-12-20(2)3)17-6-4-5-11-19-17;/h4-11,14H,12-13H2,1-3H3;1H. The molecule has 1 heterocycles. The second-order valence-electron chi connectivity index (χ2n) is 5.41. The van der Waals surface area contributed by atoms with Crippen LogP contribution in [0.1, 0.15) is 18.5 Å². The minimum atomic E-state index is 0. The van der Waals surface area contributed by atoms with Gasteiger partial charge < -0.3 is 9.80 Å². The van der Waals surface area contributed by atoms with Crippen molar-refractivity contribution in [2.24, 2.45) is 0 Å². The first-order valence-corrected chi connectivity index (χ1v) is 7.95. The van der Waals surface area contributed by atoms with Gasteiger partial charge in [0.25, 0.3) is 0 Å². The van der Waals surface area contributed by atoms with Gasteiger partial charge in [0.15, 0.2) is 0 Å². The lowest BCUT2D eigenvalue weighted by Gasteiger charge is -2.31. The highest BCUT2D eigenvalue weighted by Gasteiger charge is 2.17. The number of halogens is 2. The molecule has 2 aromatic rings. The molecule has 0 fully saturated rings. The van der Waals surface area contributed by atoms with Crippen molar-refractivity contribution in [3.63, 3.8) is 0 Å². The van der Waals surface area contributed by atoms with Gasteiger partial charge in [-0.2, -0.15) is 0 Å². The van der Waals surface area contributed by atoms with Crippen LogP contribution in [0.15, 0.2) is 53.1 Å². The Kier molecular flexibility index (Phi) is 7.87. The van der Waals surface area contributed by atoms with Crippen molar-refractivity contribution >= 4 is 34.2 Å². The smallest absolute Gasteiger partial charge is 0.129 e. The van der Waals surface area contributed by atoms with Crippen LogP contribution in [0.2, 0.25) is 0 Å². The number of likely N-dealkylation sites (N-methyl/N-ethyl adjacent to an activating group) is 1. The molecule has 5 heteroatoms. The van der Waals surface area contributed by atoms with Crippen molar-refractivity contribution in [3.8, 4) is 0 Å². The Balaban J connectivity index is 0.00000242. The molecule has 0 aliphatic carbocycles. The van der Waals surface area contributed by atoms with Crippen LogP contribution in [0, 0.1) is 0 Å². The van der Waals surface area contributed by atoms with E-state index in [0.29, 0.717) is 0 Å². The zero-order chi connectivity index (χ0) is 15.2. The lowest BCUT2D eigenvalue weighted by molar-refractivity contribution is 0.406. The van der Waals surface area contributed by atoms with Gasteiger partial charge in [0.05, 0.1) is 6.04 Å². The van der Waals surface area contributed by atoms with Crippen LogP contribution in [0.4, 0.5) is 5.82 Å². The van der Waals surface area contributed by atoms with Crippen LogP contribution in [0.3, 0.4) is 0 Å². The Labute approximate surface area is 147 Å². The van der Waals surface area contributed by atoms with E-state index in [1.165, 1.54) is 5.56 Å². The van der Waals surface area contributed by atoms with Gasteiger partial charge in [-0.05, 0) is 50.8 Å². The minimum Gasteiger partial charge on any atom is -0.349 e. The van der Waals surface area contributed by atoms with Crippen molar-refractivity contribution in [1.29, 1.82) is 0 Å². The Hall–Kier alpha value is -1.10. The maximum Gasteiger partial charge on any atom is 0.129 e.